The third-order valence-corrected chi connectivity index (χ3v) is 5.59. The lowest BCUT2D eigenvalue weighted by molar-refractivity contribution is -0.171. The van der Waals surface area contributed by atoms with E-state index in [9.17, 15) is 19.2 Å². The molecule has 0 spiro atoms. The van der Waals surface area contributed by atoms with Crippen molar-refractivity contribution in [1.29, 1.82) is 0 Å². The van der Waals surface area contributed by atoms with E-state index in [4.69, 9.17) is 14.5 Å². The highest BCUT2D eigenvalue weighted by atomic mass is 16.6. The quantitative estimate of drug-likeness (QED) is 0.469. The number of Topliss-reactive ketones (excluding diaryl/α,β-unsaturated/α-hetero) is 1. The van der Waals surface area contributed by atoms with Gasteiger partial charge < -0.3 is 18.8 Å². The molecule has 1 atom stereocenters. The van der Waals surface area contributed by atoms with E-state index in [-0.39, 0.29) is 36.4 Å². The van der Waals surface area contributed by atoms with Crippen molar-refractivity contribution in [3.63, 3.8) is 0 Å². The number of ketones is 1. The molecule has 5 rings (SSSR count). The zero-order chi connectivity index (χ0) is 21.7. The molecule has 0 fully saturated rings. The zero-order valence-corrected chi connectivity index (χ0v) is 16.7. The van der Waals surface area contributed by atoms with Crippen LogP contribution in [0.3, 0.4) is 0 Å². The van der Waals surface area contributed by atoms with E-state index in [0.717, 1.165) is 16.5 Å². The molecule has 31 heavy (non-hydrogen) atoms. The molecule has 0 bridgehead atoms. The lowest BCUT2D eigenvalue weighted by atomic mass is 10.00. The molecule has 0 saturated heterocycles. The number of carbonyl (C=O) groups is 3. The van der Waals surface area contributed by atoms with Gasteiger partial charge in [-0.25, -0.2) is 9.78 Å². The summed E-state index contributed by atoms with van der Waals surface area (Å²) in [5.41, 5.74) is 3.23. The van der Waals surface area contributed by atoms with Crippen molar-refractivity contribution < 1.29 is 23.9 Å². The van der Waals surface area contributed by atoms with E-state index in [1.54, 1.807) is 10.6 Å². The molecule has 8 heteroatoms. The number of carbonyl (C=O) groups excluding carboxylic acids is 3. The van der Waals surface area contributed by atoms with Crippen LogP contribution in [0.4, 0.5) is 0 Å². The van der Waals surface area contributed by atoms with Crippen LogP contribution < -0.4 is 5.56 Å². The molecule has 0 saturated carbocycles. The predicted octanol–water partition coefficient (Wildman–Crippen LogP) is 2.44. The first kappa shape index (κ1) is 19.2. The number of cyclic esters (lactones) is 1. The minimum atomic E-state index is -1.34. The van der Waals surface area contributed by atoms with E-state index in [1.165, 1.54) is 6.92 Å². The molecule has 0 aliphatic carbocycles. The van der Waals surface area contributed by atoms with Crippen molar-refractivity contribution in [3.8, 4) is 11.4 Å². The molecule has 156 valence electrons. The molecular weight excluding hydrogens is 400 g/mol. The second-order valence-electron chi connectivity index (χ2n) is 7.72. The van der Waals surface area contributed by atoms with Crippen molar-refractivity contribution >= 4 is 28.6 Å². The lowest BCUT2D eigenvalue weighted by Gasteiger charge is -2.25. The Hall–Kier alpha value is -3.81. The van der Waals surface area contributed by atoms with Crippen LogP contribution in [0.15, 0.2) is 41.2 Å². The third kappa shape index (κ3) is 3.20. The van der Waals surface area contributed by atoms with Crippen molar-refractivity contribution in [1.82, 2.24) is 9.55 Å². The largest absolute Gasteiger partial charge is 0.458 e. The lowest BCUT2D eigenvalue weighted by Crippen LogP contribution is -2.34. The number of nitrogens with zero attached hydrogens (tertiary/aromatic N) is 2. The van der Waals surface area contributed by atoms with Gasteiger partial charge in [-0.15, -0.1) is 0 Å². The summed E-state index contributed by atoms with van der Waals surface area (Å²) in [7, 11) is 0. The highest BCUT2D eigenvalue weighted by molar-refractivity contribution is 5.86. The van der Waals surface area contributed by atoms with Crippen molar-refractivity contribution in [2.45, 2.75) is 39.0 Å². The van der Waals surface area contributed by atoms with Crippen LogP contribution in [0.25, 0.3) is 22.3 Å². The van der Waals surface area contributed by atoms with Gasteiger partial charge in [-0.3, -0.25) is 9.59 Å². The first-order chi connectivity index (χ1) is 14.9. The Labute approximate surface area is 176 Å². The maximum atomic E-state index is 13.2. The van der Waals surface area contributed by atoms with E-state index >= 15 is 0 Å². The topological polar surface area (TPSA) is 105 Å². The van der Waals surface area contributed by atoms with Crippen LogP contribution >= 0.6 is 0 Å². The second-order valence-corrected chi connectivity index (χ2v) is 7.72. The van der Waals surface area contributed by atoms with Crippen LogP contribution in [0.1, 0.15) is 42.6 Å². The molecule has 1 unspecified atom stereocenters. The monoisotopic (exact) mass is 418 g/mol. The van der Waals surface area contributed by atoms with Gasteiger partial charge in [0.15, 0.2) is 0 Å². The Balaban J connectivity index is 1.59. The Morgan fingerprint density at radius 1 is 1.19 bits per heavy atom. The number of benzene rings is 1. The van der Waals surface area contributed by atoms with Crippen molar-refractivity contribution in [3.05, 3.63) is 63.4 Å². The Bertz CT molecular complexity index is 1340. The highest BCUT2D eigenvalue weighted by Crippen LogP contribution is 2.36. The predicted molar refractivity (Wildman–Crippen MR) is 109 cm³/mol. The molecule has 2 aliphatic heterocycles. The molecule has 0 amide bonds. The summed E-state index contributed by atoms with van der Waals surface area (Å²) in [6.45, 7) is 1.56. The number of para-hydroxylation sites is 1. The Morgan fingerprint density at radius 3 is 2.81 bits per heavy atom. The minimum Gasteiger partial charge on any atom is -0.458 e. The maximum absolute atomic E-state index is 13.2. The van der Waals surface area contributed by atoms with Crippen LogP contribution in [0.5, 0.6) is 0 Å². The second kappa shape index (κ2) is 7.16. The average molecular weight is 418 g/mol. The first-order valence-electron chi connectivity index (χ1n) is 9.93. The van der Waals surface area contributed by atoms with E-state index in [2.05, 4.69) is 0 Å². The van der Waals surface area contributed by atoms with Crippen LogP contribution in [0.2, 0.25) is 0 Å². The summed E-state index contributed by atoms with van der Waals surface area (Å²) in [6, 6.07) is 11.4. The number of esters is 2. The van der Waals surface area contributed by atoms with E-state index in [1.807, 2.05) is 30.3 Å². The van der Waals surface area contributed by atoms with Gasteiger partial charge in [0.25, 0.3) is 5.56 Å². The number of hydrogen-bond donors (Lipinski definition) is 0. The zero-order valence-electron chi connectivity index (χ0n) is 16.7. The van der Waals surface area contributed by atoms with Gasteiger partial charge in [-0.2, -0.15) is 0 Å². The molecule has 0 radical (unpaired) electrons. The van der Waals surface area contributed by atoms with Gasteiger partial charge in [-0.05, 0) is 25.1 Å². The number of fused-ring (bicyclic) bond motifs is 5. The molecule has 0 N–H and O–H groups in total. The van der Waals surface area contributed by atoms with Gasteiger partial charge in [0.2, 0.25) is 6.10 Å². The number of pyridine rings is 2. The van der Waals surface area contributed by atoms with Gasteiger partial charge in [0, 0.05) is 22.9 Å². The molecule has 2 aliphatic rings. The molecule has 2 aromatic heterocycles. The average Bonchev–Trinajstić information content (AvgIpc) is 3.10. The molecule has 8 nitrogen and oxygen atoms in total. The van der Waals surface area contributed by atoms with Crippen LogP contribution in [0, 0.1) is 0 Å². The normalized spacial score (nSPS) is 16.3. The smallest absolute Gasteiger partial charge is 0.352 e. The molecule has 4 heterocycles. The fourth-order valence-electron chi connectivity index (χ4n) is 4.04. The Kier molecular flexibility index (Phi) is 4.43. The van der Waals surface area contributed by atoms with Gasteiger partial charge in [0.1, 0.15) is 12.4 Å². The number of aromatic nitrogens is 2. The number of ether oxygens (including phenoxy) is 2. The Morgan fingerprint density at radius 2 is 2.00 bits per heavy atom. The standard InChI is InChI=1S/C23H18N2O6/c1-12(26)6-7-19(27)31-21-15-9-18-20-14(8-13-4-2-3-5-17(13)24-20)10-25(18)22(28)16(15)11-30-23(21)29/h2-5,8-9,21H,6-7,10-11H2,1H3. The summed E-state index contributed by atoms with van der Waals surface area (Å²) in [6.07, 6.45) is -1.47. The summed E-state index contributed by atoms with van der Waals surface area (Å²) in [5, 5.41) is 0.975. The number of hydrogen-bond acceptors (Lipinski definition) is 7. The van der Waals surface area contributed by atoms with Gasteiger partial charge in [-0.1, -0.05) is 18.2 Å². The third-order valence-electron chi connectivity index (χ3n) is 5.59. The molecule has 3 aromatic rings. The summed E-state index contributed by atoms with van der Waals surface area (Å²) in [5.74, 6) is -1.60. The van der Waals surface area contributed by atoms with Crippen LogP contribution in [-0.2, 0) is 37.0 Å². The highest BCUT2D eigenvalue weighted by Gasteiger charge is 2.37. The van der Waals surface area contributed by atoms with Crippen molar-refractivity contribution in [2.75, 3.05) is 0 Å². The molecular formula is C23H18N2O6. The van der Waals surface area contributed by atoms with Gasteiger partial charge >= 0.3 is 11.9 Å². The molecule has 1 aromatic carbocycles. The SMILES string of the molecule is CC(=O)CCC(=O)OC1C(=O)OCc2c1cc1n(c2=O)Cc2cc3ccccc3nc2-1. The first-order valence-corrected chi connectivity index (χ1v) is 9.93. The number of rotatable bonds is 4. The van der Waals surface area contributed by atoms with E-state index in [0.29, 0.717) is 23.5 Å². The summed E-state index contributed by atoms with van der Waals surface area (Å²) < 4.78 is 12.0. The van der Waals surface area contributed by atoms with E-state index < -0.39 is 18.0 Å². The minimum absolute atomic E-state index is 0.0185. The summed E-state index contributed by atoms with van der Waals surface area (Å²) >= 11 is 0. The fourth-order valence-corrected chi connectivity index (χ4v) is 4.04. The van der Waals surface area contributed by atoms with Crippen molar-refractivity contribution in [2.24, 2.45) is 0 Å². The van der Waals surface area contributed by atoms with Gasteiger partial charge in [0.05, 0.1) is 35.4 Å². The fraction of sp³-hybridized carbons (Fsp3) is 0.261. The summed E-state index contributed by atoms with van der Waals surface area (Å²) in [4.78, 5) is 53.6. The maximum Gasteiger partial charge on any atom is 0.352 e. The van der Waals surface area contributed by atoms with Crippen LogP contribution in [-0.4, -0.2) is 27.3 Å².